The quantitative estimate of drug-likeness (QED) is 0.811. The summed E-state index contributed by atoms with van der Waals surface area (Å²) in [6.45, 7) is 7.43. The van der Waals surface area contributed by atoms with E-state index in [-0.39, 0.29) is 17.2 Å². The van der Waals surface area contributed by atoms with Crippen molar-refractivity contribution in [1.82, 2.24) is 19.6 Å². The standard InChI is InChI=1S/C20H32N4O2/c1-4-6-11-23-14-20(10-8-18(23)25)9-7-12-24(15-20)19(26)17-13-16(5-2)21-22(17)3/h13H,4-12,14-15H2,1-3H3. The van der Waals surface area contributed by atoms with Crippen LogP contribution in [0.5, 0.6) is 0 Å². The number of carbonyl (C=O) groups is 2. The zero-order valence-corrected chi connectivity index (χ0v) is 16.5. The first-order valence-corrected chi connectivity index (χ1v) is 10.1. The van der Waals surface area contributed by atoms with Gasteiger partial charge in [-0.05, 0) is 38.2 Å². The van der Waals surface area contributed by atoms with Crippen LogP contribution in [0, 0.1) is 5.41 Å². The van der Waals surface area contributed by atoms with Crippen molar-refractivity contribution in [3.05, 3.63) is 17.5 Å². The minimum absolute atomic E-state index is 0.0712. The van der Waals surface area contributed by atoms with Gasteiger partial charge in [-0.1, -0.05) is 20.3 Å². The number of nitrogens with zero attached hydrogens (tertiary/aromatic N) is 4. The Hall–Kier alpha value is -1.85. The van der Waals surface area contributed by atoms with E-state index in [4.69, 9.17) is 0 Å². The third kappa shape index (κ3) is 3.79. The maximum Gasteiger partial charge on any atom is 0.272 e. The minimum atomic E-state index is 0.0712. The zero-order chi connectivity index (χ0) is 18.7. The molecule has 0 bridgehead atoms. The van der Waals surface area contributed by atoms with Crippen LogP contribution < -0.4 is 0 Å². The van der Waals surface area contributed by atoms with E-state index in [2.05, 4.69) is 18.9 Å². The molecule has 0 saturated carbocycles. The van der Waals surface area contributed by atoms with Crippen molar-refractivity contribution in [1.29, 1.82) is 0 Å². The number of aryl methyl sites for hydroxylation is 2. The van der Waals surface area contributed by atoms with Crippen LogP contribution in [0.1, 0.15) is 68.6 Å². The predicted molar refractivity (Wildman–Crippen MR) is 101 cm³/mol. The van der Waals surface area contributed by atoms with Crippen molar-refractivity contribution in [2.24, 2.45) is 12.5 Å². The second-order valence-corrected chi connectivity index (χ2v) is 8.00. The summed E-state index contributed by atoms with van der Waals surface area (Å²) in [7, 11) is 1.85. The van der Waals surface area contributed by atoms with Crippen LogP contribution >= 0.6 is 0 Å². The number of hydrogen-bond acceptors (Lipinski definition) is 3. The van der Waals surface area contributed by atoms with Crippen LogP contribution in [-0.4, -0.2) is 57.6 Å². The van der Waals surface area contributed by atoms with Crippen molar-refractivity contribution < 1.29 is 9.59 Å². The highest BCUT2D eigenvalue weighted by molar-refractivity contribution is 5.92. The number of piperidine rings is 2. The highest BCUT2D eigenvalue weighted by atomic mass is 16.2. The Morgan fingerprint density at radius 1 is 1.27 bits per heavy atom. The molecule has 6 heteroatoms. The Morgan fingerprint density at radius 2 is 2.08 bits per heavy atom. The maximum atomic E-state index is 13.1. The lowest BCUT2D eigenvalue weighted by Gasteiger charge is -2.48. The second kappa shape index (κ2) is 7.80. The normalized spacial score (nSPS) is 23.7. The number of hydrogen-bond donors (Lipinski definition) is 0. The summed E-state index contributed by atoms with van der Waals surface area (Å²) in [5.74, 6) is 0.363. The summed E-state index contributed by atoms with van der Waals surface area (Å²) in [6.07, 6.45) is 6.64. The Bertz CT molecular complexity index is 669. The summed E-state index contributed by atoms with van der Waals surface area (Å²) < 4.78 is 1.71. The van der Waals surface area contributed by atoms with Crippen molar-refractivity contribution >= 4 is 11.8 Å². The molecule has 1 unspecified atom stereocenters. The summed E-state index contributed by atoms with van der Waals surface area (Å²) in [4.78, 5) is 29.4. The molecule has 1 aromatic rings. The summed E-state index contributed by atoms with van der Waals surface area (Å²) in [5, 5.41) is 4.42. The number of carbonyl (C=O) groups excluding carboxylic acids is 2. The van der Waals surface area contributed by atoms with Gasteiger partial charge < -0.3 is 9.80 Å². The van der Waals surface area contributed by atoms with Gasteiger partial charge >= 0.3 is 0 Å². The molecule has 3 heterocycles. The first-order valence-electron chi connectivity index (χ1n) is 10.1. The van der Waals surface area contributed by atoms with Gasteiger partial charge in [0, 0.05) is 45.1 Å². The van der Waals surface area contributed by atoms with E-state index in [0.717, 1.165) is 70.4 Å². The van der Waals surface area contributed by atoms with Gasteiger partial charge in [0.05, 0.1) is 5.69 Å². The SMILES string of the molecule is CCCCN1CC2(CCCN(C(=O)c3cc(CC)nn3C)C2)CCC1=O. The van der Waals surface area contributed by atoms with Crippen LogP contribution in [0.25, 0.3) is 0 Å². The molecule has 2 amide bonds. The molecule has 144 valence electrons. The smallest absolute Gasteiger partial charge is 0.272 e. The van der Waals surface area contributed by atoms with E-state index >= 15 is 0 Å². The highest BCUT2D eigenvalue weighted by Gasteiger charge is 2.42. The van der Waals surface area contributed by atoms with Crippen molar-refractivity contribution in [3.8, 4) is 0 Å². The number of unbranched alkanes of at least 4 members (excludes halogenated alkanes) is 1. The number of amides is 2. The molecule has 2 fully saturated rings. The maximum absolute atomic E-state index is 13.1. The summed E-state index contributed by atoms with van der Waals surface area (Å²) in [5.41, 5.74) is 1.70. The van der Waals surface area contributed by atoms with Gasteiger partial charge in [-0.3, -0.25) is 14.3 Å². The highest BCUT2D eigenvalue weighted by Crippen LogP contribution is 2.39. The summed E-state index contributed by atoms with van der Waals surface area (Å²) in [6, 6.07) is 1.92. The van der Waals surface area contributed by atoms with Crippen molar-refractivity contribution in [2.45, 2.75) is 58.8 Å². The Balaban J connectivity index is 1.72. The summed E-state index contributed by atoms with van der Waals surface area (Å²) >= 11 is 0. The molecular formula is C20H32N4O2. The Labute approximate surface area is 156 Å². The first kappa shape index (κ1) is 18.9. The molecule has 0 N–H and O–H groups in total. The van der Waals surface area contributed by atoms with E-state index in [1.165, 1.54) is 0 Å². The Morgan fingerprint density at radius 3 is 2.77 bits per heavy atom. The van der Waals surface area contributed by atoms with Crippen LogP contribution in [-0.2, 0) is 18.3 Å². The van der Waals surface area contributed by atoms with E-state index in [9.17, 15) is 9.59 Å². The molecule has 1 aromatic heterocycles. The zero-order valence-electron chi connectivity index (χ0n) is 16.5. The molecule has 0 aromatic carbocycles. The molecule has 2 aliphatic rings. The molecule has 3 rings (SSSR count). The van der Waals surface area contributed by atoms with Crippen LogP contribution in [0.2, 0.25) is 0 Å². The lowest BCUT2D eigenvalue weighted by Crippen LogP contribution is -2.55. The average molecular weight is 361 g/mol. The fourth-order valence-electron chi connectivity index (χ4n) is 4.43. The van der Waals surface area contributed by atoms with E-state index in [1.807, 2.05) is 22.9 Å². The molecule has 26 heavy (non-hydrogen) atoms. The second-order valence-electron chi connectivity index (χ2n) is 8.00. The lowest BCUT2D eigenvalue weighted by atomic mass is 9.73. The van der Waals surface area contributed by atoms with E-state index in [1.54, 1.807) is 4.68 Å². The van der Waals surface area contributed by atoms with Gasteiger partial charge in [0.2, 0.25) is 5.91 Å². The number of likely N-dealkylation sites (tertiary alicyclic amines) is 2. The molecule has 0 radical (unpaired) electrons. The molecule has 1 spiro atoms. The molecule has 0 aliphatic carbocycles. The fraction of sp³-hybridized carbons (Fsp3) is 0.750. The van der Waals surface area contributed by atoms with Gasteiger partial charge in [-0.2, -0.15) is 5.10 Å². The molecule has 1 atom stereocenters. The number of aromatic nitrogens is 2. The molecular weight excluding hydrogens is 328 g/mol. The van der Waals surface area contributed by atoms with E-state index < -0.39 is 0 Å². The number of rotatable bonds is 5. The van der Waals surface area contributed by atoms with Gasteiger partial charge in [-0.15, -0.1) is 0 Å². The largest absolute Gasteiger partial charge is 0.342 e. The molecule has 6 nitrogen and oxygen atoms in total. The van der Waals surface area contributed by atoms with Crippen LogP contribution in [0.3, 0.4) is 0 Å². The third-order valence-corrected chi connectivity index (χ3v) is 5.99. The van der Waals surface area contributed by atoms with Gasteiger partial charge in [0.25, 0.3) is 5.91 Å². The molecule has 2 saturated heterocycles. The van der Waals surface area contributed by atoms with E-state index in [0.29, 0.717) is 12.1 Å². The Kier molecular flexibility index (Phi) is 5.68. The van der Waals surface area contributed by atoms with Crippen molar-refractivity contribution in [2.75, 3.05) is 26.2 Å². The average Bonchev–Trinajstić information content (AvgIpc) is 3.03. The van der Waals surface area contributed by atoms with Crippen LogP contribution in [0.15, 0.2) is 6.07 Å². The third-order valence-electron chi connectivity index (χ3n) is 5.99. The predicted octanol–water partition coefficient (Wildman–Crippen LogP) is 2.63. The molecule has 2 aliphatic heterocycles. The van der Waals surface area contributed by atoms with Gasteiger partial charge in [0.15, 0.2) is 0 Å². The monoisotopic (exact) mass is 360 g/mol. The topological polar surface area (TPSA) is 58.4 Å². The van der Waals surface area contributed by atoms with Crippen molar-refractivity contribution in [3.63, 3.8) is 0 Å². The van der Waals surface area contributed by atoms with Gasteiger partial charge in [0.1, 0.15) is 5.69 Å². The van der Waals surface area contributed by atoms with Gasteiger partial charge in [-0.25, -0.2) is 0 Å². The minimum Gasteiger partial charge on any atom is -0.342 e. The fourth-order valence-corrected chi connectivity index (χ4v) is 4.43. The van der Waals surface area contributed by atoms with Crippen LogP contribution in [0.4, 0.5) is 0 Å². The lowest BCUT2D eigenvalue weighted by molar-refractivity contribution is -0.139. The first-order chi connectivity index (χ1) is 12.5.